The quantitative estimate of drug-likeness (QED) is 0.503. The summed E-state index contributed by atoms with van der Waals surface area (Å²) >= 11 is 0. The molecule has 1 aliphatic heterocycles. The average Bonchev–Trinajstić information content (AvgIpc) is 3.47. The number of methoxy groups -OCH3 is 1. The lowest BCUT2D eigenvalue weighted by Crippen LogP contribution is -2.42. The Balaban J connectivity index is 1.69. The first-order chi connectivity index (χ1) is 13.7. The predicted octanol–water partition coefficient (Wildman–Crippen LogP) is 2.81. The number of nitrogens with zero attached hydrogens (tertiary/aromatic N) is 2. The lowest BCUT2D eigenvalue weighted by atomic mass is 10.0. The van der Waals surface area contributed by atoms with Gasteiger partial charge < -0.3 is 20.1 Å². The molecule has 1 saturated carbocycles. The maximum Gasteiger partial charge on any atom is 0.191 e. The maximum absolute atomic E-state index is 5.56. The van der Waals surface area contributed by atoms with E-state index >= 15 is 0 Å². The van der Waals surface area contributed by atoms with Gasteiger partial charge in [-0.25, -0.2) is 0 Å². The smallest absolute Gasteiger partial charge is 0.191 e. The second-order valence-electron chi connectivity index (χ2n) is 7.69. The fourth-order valence-electron chi connectivity index (χ4n) is 3.93. The molecule has 0 radical (unpaired) electrons. The number of morpholine rings is 1. The van der Waals surface area contributed by atoms with Crippen LogP contribution in [0.3, 0.4) is 0 Å². The van der Waals surface area contributed by atoms with E-state index in [2.05, 4.69) is 41.5 Å². The third-order valence-electron chi connectivity index (χ3n) is 5.66. The van der Waals surface area contributed by atoms with Crippen LogP contribution in [-0.4, -0.2) is 63.4 Å². The maximum atomic E-state index is 5.56. The molecule has 3 unspecified atom stereocenters. The van der Waals surface area contributed by atoms with Crippen molar-refractivity contribution in [2.45, 2.75) is 45.2 Å². The SMILES string of the molecule is CCCC1CC1NC(=NCC(c1ccc(OC)cc1)N1CCOCC1)NCC. The van der Waals surface area contributed by atoms with Gasteiger partial charge in [0.25, 0.3) is 0 Å². The molecule has 1 aromatic rings. The highest BCUT2D eigenvalue weighted by molar-refractivity contribution is 5.80. The van der Waals surface area contributed by atoms with Gasteiger partial charge in [-0.15, -0.1) is 0 Å². The zero-order chi connectivity index (χ0) is 19.8. The number of ether oxygens (including phenoxy) is 2. The van der Waals surface area contributed by atoms with Gasteiger partial charge in [-0.05, 0) is 43.4 Å². The second-order valence-corrected chi connectivity index (χ2v) is 7.69. The summed E-state index contributed by atoms with van der Waals surface area (Å²) in [7, 11) is 1.71. The monoisotopic (exact) mass is 388 g/mol. The van der Waals surface area contributed by atoms with Gasteiger partial charge in [0.05, 0.1) is 32.9 Å². The molecule has 6 heteroatoms. The molecule has 1 heterocycles. The van der Waals surface area contributed by atoms with Crippen molar-refractivity contribution in [1.29, 1.82) is 0 Å². The average molecular weight is 389 g/mol. The van der Waals surface area contributed by atoms with Gasteiger partial charge in [-0.3, -0.25) is 9.89 Å². The summed E-state index contributed by atoms with van der Waals surface area (Å²) in [5.41, 5.74) is 1.28. The third-order valence-corrected chi connectivity index (χ3v) is 5.66. The van der Waals surface area contributed by atoms with Crippen LogP contribution in [0.15, 0.2) is 29.3 Å². The number of benzene rings is 1. The highest BCUT2D eigenvalue weighted by Gasteiger charge is 2.36. The molecule has 156 valence electrons. The minimum atomic E-state index is 0.246. The Labute approximate surface area is 169 Å². The van der Waals surface area contributed by atoms with Gasteiger partial charge >= 0.3 is 0 Å². The van der Waals surface area contributed by atoms with Crippen molar-refractivity contribution in [2.24, 2.45) is 10.9 Å². The van der Waals surface area contributed by atoms with Crippen LogP contribution in [0.25, 0.3) is 0 Å². The van der Waals surface area contributed by atoms with Crippen molar-refractivity contribution in [3.05, 3.63) is 29.8 Å². The standard InChI is InChI=1S/C22H36N4O2/c1-4-6-18-15-20(18)25-22(23-5-2)24-16-21(26-11-13-28-14-12-26)17-7-9-19(27-3)10-8-17/h7-10,18,20-21H,4-6,11-16H2,1-3H3,(H2,23,24,25). The zero-order valence-electron chi connectivity index (χ0n) is 17.6. The third kappa shape index (κ3) is 5.85. The normalized spacial score (nSPS) is 23.9. The molecule has 0 bridgehead atoms. The van der Waals surface area contributed by atoms with E-state index in [1.807, 2.05) is 12.1 Å². The van der Waals surface area contributed by atoms with E-state index in [0.717, 1.165) is 57.0 Å². The van der Waals surface area contributed by atoms with Crippen LogP contribution >= 0.6 is 0 Å². The van der Waals surface area contributed by atoms with Crippen molar-refractivity contribution < 1.29 is 9.47 Å². The Morgan fingerprint density at radius 2 is 2.00 bits per heavy atom. The van der Waals surface area contributed by atoms with Crippen molar-refractivity contribution in [2.75, 3.05) is 46.5 Å². The molecular formula is C22H36N4O2. The first-order valence-corrected chi connectivity index (χ1v) is 10.8. The molecule has 0 aromatic heterocycles. The Hall–Kier alpha value is -1.79. The largest absolute Gasteiger partial charge is 0.497 e. The topological polar surface area (TPSA) is 58.1 Å². The summed E-state index contributed by atoms with van der Waals surface area (Å²) in [4.78, 5) is 7.44. The first-order valence-electron chi connectivity index (χ1n) is 10.8. The molecule has 2 N–H and O–H groups in total. The molecule has 3 atom stereocenters. The highest BCUT2D eigenvalue weighted by Crippen LogP contribution is 2.34. The number of aliphatic imine (C=N–C) groups is 1. The van der Waals surface area contributed by atoms with E-state index in [1.165, 1.54) is 24.8 Å². The Morgan fingerprint density at radius 3 is 2.64 bits per heavy atom. The minimum absolute atomic E-state index is 0.246. The molecule has 0 amide bonds. The van der Waals surface area contributed by atoms with Gasteiger partial charge in [0, 0.05) is 25.7 Å². The summed E-state index contributed by atoms with van der Waals surface area (Å²) in [5.74, 6) is 2.64. The second kappa shape index (κ2) is 10.7. The minimum Gasteiger partial charge on any atom is -0.497 e. The number of rotatable bonds is 9. The fourth-order valence-corrected chi connectivity index (χ4v) is 3.93. The molecular weight excluding hydrogens is 352 g/mol. The van der Waals surface area contributed by atoms with Gasteiger partial charge in [-0.1, -0.05) is 25.5 Å². The van der Waals surface area contributed by atoms with E-state index in [1.54, 1.807) is 7.11 Å². The van der Waals surface area contributed by atoms with Gasteiger partial charge in [0.15, 0.2) is 5.96 Å². The van der Waals surface area contributed by atoms with Crippen molar-refractivity contribution in [3.8, 4) is 5.75 Å². The first kappa shape index (κ1) is 20.9. The van der Waals surface area contributed by atoms with E-state index in [0.29, 0.717) is 6.04 Å². The molecule has 2 fully saturated rings. The number of hydrogen-bond donors (Lipinski definition) is 2. The fraction of sp³-hybridized carbons (Fsp3) is 0.682. The lowest BCUT2D eigenvalue weighted by molar-refractivity contribution is 0.0179. The summed E-state index contributed by atoms with van der Waals surface area (Å²) < 4.78 is 10.9. The van der Waals surface area contributed by atoms with Gasteiger partial charge in [-0.2, -0.15) is 0 Å². The van der Waals surface area contributed by atoms with Crippen molar-refractivity contribution >= 4 is 5.96 Å². The van der Waals surface area contributed by atoms with Crippen LogP contribution in [0.1, 0.15) is 44.7 Å². The molecule has 1 aromatic carbocycles. The van der Waals surface area contributed by atoms with Crippen LogP contribution in [0.4, 0.5) is 0 Å². The van der Waals surface area contributed by atoms with Crippen LogP contribution in [0, 0.1) is 5.92 Å². The summed E-state index contributed by atoms with van der Waals surface area (Å²) in [6.45, 7) is 9.45. The number of nitrogens with one attached hydrogen (secondary N) is 2. The summed E-state index contributed by atoms with van der Waals surface area (Å²) in [5, 5.41) is 7.05. The summed E-state index contributed by atoms with van der Waals surface area (Å²) in [6.07, 6.45) is 3.83. The molecule has 1 saturated heterocycles. The van der Waals surface area contributed by atoms with Gasteiger partial charge in [0.2, 0.25) is 0 Å². The molecule has 6 nitrogen and oxygen atoms in total. The van der Waals surface area contributed by atoms with Crippen LogP contribution in [0.2, 0.25) is 0 Å². The molecule has 28 heavy (non-hydrogen) atoms. The Bertz CT molecular complexity index is 613. The van der Waals surface area contributed by atoms with E-state index in [-0.39, 0.29) is 6.04 Å². The van der Waals surface area contributed by atoms with Crippen molar-refractivity contribution in [1.82, 2.24) is 15.5 Å². The van der Waals surface area contributed by atoms with Gasteiger partial charge in [0.1, 0.15) is 5.75 Å². The molecule has 3 rings (SSSR count). The molecule has 0 spiro atoms. The zero-order valence-corrected chi connectivity index (χ0v) is 17.6. The Kier molecular flexibility index (Phi) is 7.98. The van der Waals surface area contributed by atoms with E-state index in [9.17, 15) is 0 Å². The Morgan fingerprint density at radius 1 is 1.25 bits per heavy atom. The van der Waals surface area contributed by atoms with E-state index in [4.69, 9.17) is 14.5 Å². The van der Waals surface area contributed by atoms with Crippen molar-refractivity contribution in [3.63, 3.8) is 0 Å². The highest BCUT2D eigenvalue weighted by atomic mass is 16.5. The van der Waals surface area contributed by atoms with Crippen LogP contribution in [0.5, 0.6) is 5.75 Å². The number of guanidine groups is 1. The van der Waals surface area contributed by atoms with Crippen LogP contribution < -0.4 is 15.4 Å². The lowest BCUT2D eigenvalue weighted by Gasteiger charge is -2.34. The number of hydrogen-bond acceptors (Lipinski definition) is 4. The summed E-state index contributed by atoms with van der Waals surface area (Å²) in [6, 6.07) is 9.22. The molecule has 2 aliphatic rings. The predicted molar refractivity (Wildman–Crippen MR) is 114 cm³/mol. The van der Waals surface area contributed by atoms with E-state index < -0.39 is 0 Å². The molecule has 1 aliphatic carbocycles. The van der Waals surface area contributed by atoms with Crippen LogP contribution in [-0.2, 0) is 4.74 Å².